The van der Waals surface area contributed by atoms with Gasteiger partial charge >= 0.3 is 0 Å². The number of hydrogen-bond donors (Lipinski definition) is 2. The third-order valence-corrected chi connectivity index (χ3v) is 2.21. The molecule has 1 rings (SSSR count). The molecule has 0 unspecified atom stereocenters. The highest BCUT2D eigenvalue weighted by Crippen LogP contribution is 2.21. The molecule has 1 aromatic rings. The van der Waals surface area contributed by atoms with E-state index in [9.17, 15) is 5.11 Å². The minimum absolute atomic E-state index is 0.0772. The van der Waals surface area contributed by atoms with E-state index < -0.39 is 0 Å². The number of phenolic OH excluding ortho intramolecular Hbond substituents is 1. The second kappa shape index (κ2) is 3.69. The number of nitrogens with one attached hydrogen (secondary N) is 1. The van der Waals surface area contributed by atoms with Crippen LogP contribution in [0.5, 0.6) is 5.75 Å². The third-order valence-electron chi connectivity index (χ3n) is 2.21. The van der Waals surface area contributed by atoms with Gasteiger partial charge in [-0.3, -0.25) is 0 Å². The van der Waals surface area contributed by atoms with Crippen LogP contribution in [0.2, 0.25) is 0 Å². The van der Waals surface area contributed by atoms with Crippen LogP contribution in [0, 0.1) is 0 Å². The first-order valence-corrected chi connectivity index (χ1v) is 4.61. The van der Waals surface area contributed by atoms with Gasteiger partial charge in [0.05, 0.1) is 0 Å². The lowest BCUT2D eigenvalue weighted by atomic mass is 10.0. The number of anilines is 1. The monoisotopic (exact) mass is 179 g/mol. The molecule has 0 bridgehead atoms. The lowest BCUT2D eigenvalue weighted by Crippen LogP contribution is -2.29. The highest BCUT2D eigenvalue weighted by atomic mass is 16.3. The van der Waals surface area contributed by atoms with Crippen molar-refractivity contribution in [3.63, 3.8) is 0 Å². The van der Waals surface area contributed by atoms with Gasteiger partial charge in [-0.05, 0) is 32.4 Å². The topological polar surface area (TPSA) is 32.3 Å². The summed E-state index contributed by atoms with van der Waals surface area (Å²) in [4.78, 5) is 0. The Hall–Kier alpha value is -1.18. The second-order valence-electron chi connectivity index (χ2n) is 3.91. The molecule has 0 aromatic heterocycles. The third kappa shape index (κ3) is 2.98. The first kappa shape index (κ1) is 9.90. The van der Waals surface area contributed by atoms with E-state index in [1.54, 1.807) is 12.1 Å². The van der Waals surface area contributed by atoms with Crippen LogP contribution in [-0.4, -0.2) is 10.6 Å². The molecule has 0 amide bonds. The zero-order valence-corrected chi connectivity index (χ0v) is 8.46. The summed E-state index contributed by atoms with van der Waals surface area (Å²) in [6.07, 6.45) is 1.04. The Morgan fingerprint density at radius 1 is 1.38 bits per heavy atom. The van der Waals surface area contributed by atoms with Gasteiger partial charge in [-0.15, -0.1) is 0 Å². The van der Waals surface area contributed by atoms with Crippen LogP contribution >= 0.6 is 0 Å². The molecule has 0 aliphatic heterocycles. The van der Waals surface area contributed by atoms with Gasteiger partial charge in [0, 0.05) is 17.3 Å². The fraction of sp³-hybridized carbons (Fsp3) is 0.455. The Bertz CT molecular complexity index is 281. The SMILES string of the molecule is CCC(C)(C)Nc1cccc(O)c1. The van der Waals surface area contributed by atoms with Crippen LogP contribution in [0.1, 0.15) is 27.2 Å². The average Bonchev–Trinajstić information content (AvgIpc) is 2.03. The summed E-state index contributed by atoms with van der Waals surface area (Å²) >= 11 is 0. The molecule has 13 heavy (non-hydrogen) atoms. The predicted octanol–water partition coefficient (Wildman–Crippen LogP) is 2.99. The van der Waals surface area contributed by atoms with Crippen molar-refractivity contribution in [2.24, 2.45) is 0 Å². The van der Waals surface area contributed by atoms with E-state index in [0.717, 1.165) is 12.1 Å². The Morgan fingerprint density at radius 3 is 2.62 bits per heavy atom. The number of rotatable bonds is 3. The molecular formula is C11H17NO. The van der Waals surface area contributed by atoms with Crippen molar-refractivity contribution in [1.82, 2.24) is 0 Å². The zero-order valence-electron chi connectivity index (χ0n) is 8.46. The summed E-state index contributed by atoms with van der Waals surface area (Å²) < 4.78 is 0. The number of benzene rings is 1. The number of hydrogen-bond acceptors (Lipinski definition) is 2. The van der Waals surface area contributed by atoms with E-state index in [1.807, 2.05) is 12.1 Å². The van der Waals surface area contributed by atoms with Gasteiger partial charge in [0.25, 0.3) is 0 Å². The van der Waals surface area contributed by atoms with Crippen LogP contribution in [0.3, 0.4) is 0 Å². The van der Waals surface area contributed by atoms with Crippen molar-refractivity contribution in [2.45, 2.75) is 32.7 Å². The second-order valence-corrected chi connectivity index (χ2v) is 3.91. The van der Waals surface area contributed by atoms with Gasteiger partial charge in [0.15, 0.2) is 0 Å². The maximum absolute atomic E-state index is 9.24. The predicted molar refractivity (Wildman–Crippen MR) is 56.1 cm³/mol. The normalized spacial score (nSPS) is 11.3. The molecular weight excluding hydrogens is 162 g/mol. The van der Waals surface area contributed by atoms with Gasteiger partial charge in [-0.25, -0.2) is 0 Å². The lowest BCUT2D eigenvalue weighted by Gasteiger charge is -2.25. The molecule has 0 saturated heterocycles. The van der Waals surface area contributed by atoms with Crippen LogP contribution in [0.4, 0.5) is 5.69 Å². The minimum atomic E-state index is 0.0772. The summed E-state index contributed by atoms with van der Waals surface area (Å²) in [5, 5.41) is 12.6. The first-order valence-electron chi connectivity index (χ1n) is 4.61. The van der Waals surface area contributed by atoms with Gasteiger partial charge in [-0.1, -0.05) is 13.0 Å². The van der Waals surface area contributed by atoms with Crippen molar-refractivity contribution < 1.29 is 5.11 Å². The van der Waals surface area contributed by atoms with Crippen molar-refractivity contribution in [3.8, 4) is 5.75 Å². The van der Waals surface area contributed by atoms with Crippen molar-refractivity contribution in [3.05, 3.63) is 24.3 Å². The first-order chi connectivity index (χ1) is 6.03. The van der Waals surface area contributed by atoms with E-state index in [0.29, 0.717) is 5.75 Å². The molecule has 2 nitrogen and oxygen atoms in total. The van der Waals surface area contributed by atoms with Crippen LogP contribution in [0.15, 0.2) is 24.3 Å². The van der Waals surface area contributed by atoms with Gasteiger partial charge in [0.2, 0.25) is 0 Å². The Morgan fingerprint density at radius 2 is 2.08 bits per heavy atom. The van der Waals surface area contributed by atoms with E-state index in [4.69, 9.17) is 0 Å². The average molecular weight is 179 g/mol. The fourth-order valence-corrected chi connectivity index (χ4v) is 1.06. The largest absolute Gasteiger partial charge is 0.508 e. The van der Waals surface area contributed by atoms with E-state index in [2.05, 4.69) is 26.1 Å². The maximum atomic E-state index is 9.24. The number of aromatic hydroxyl groups is 1. The van der Waals surface area contributed by atoms with Crippen LogP contribution in [0.25, 0.3) is 0 Å². The smallest absolute Gasteiger partial charge is 0.117 e. The summed E-state index contributed by atoms with van der Waals surface area (Å²) in [6, 6.07) is 7.20. The molecule has 0 saturated carbocycles. The molecule has 2 N–H and O–H groups in total. The number of phenols is 1. The standard InChI is InChI=1S/C11H17NO/c1-4-11(2,3)12-9-6-5-7-10(13)8-9/h5-8,12-13H,4H2,1-3H3. The zero-order chi connectivity index (χ0) is 9.90. The van der Waals surface area contributed by atoms with E-state index in [-0.39, 0.29) is 5.54 Å². The van der Waals surface area contributed by atoms with Crippen LogP contribution < -0.4 is 5.32 Å². The summed E-state index contributed by atoms with van der Waals surface area (Å²) in [5.74, 6) is 0.303. The molecule has 0 aliphatic rings. The molecule has 0 atom stereocenters. The quantitative estimate of drug-likeness (QED) is 0.747. The van der Waals surface area contributed by atoms with Gasteiger partial charge in [-0.2, -0.15) is 0 Å². The minimum Gasteiger partial charge on any atom is -0.508 e. The highest BCUT2D eigenvalue weighted by Gasteiger charge is 2.13. The summed E-state index contributed by atoms with van der Waals surface area (Å²) in [7, 11) is 0. The molecule has 0 aliphatic carbocycles. The summed E-state index contributed by atoms with van der Waals surface area (Å²) in [6.45, 7) is 6.41. The Labute approximate surface area is 79.6 Å². The van der Waals surface area contributed by atoms with Gasteiger partial charge < -0.3 is 10.4 Å². The maximum Gasteiger partial charge on any atom is 0.117 e. The van der Waals surface area contributed by atoms with E-state index >= 15 is 0 Å². The van der Waals surface area contributed by atoms with E-state index in [1.165, 1.54) is 0 Å². The van der Waals surface area contributed by atoms with Gasteiger partial charge in [0.1, 0.15) is 5.75 Å². The van der Waals surface area contributed by atoms with Crippen molar-refractivity contribution in [2.75, 3.05) is 5.32 Å². The highest BCUT2D eigenvalue weighted by molar-refractivity contribution is 5.49. The molecule has 2 heteroatoms. The Kier molecular flexibility index (Phi) is 2.81. The van der Waals surface area contributed by atoms with Crippen LogP contribution in [-0.2, 0) is 0 Å². The molecule has 0 radical (unpaired) electrons. The molecule has 0 spiro atoms. The van der Waals surface area contributed by atoms with Crippen molar-refractivity contribution in [1.29, 1.82) is 0 Å². The van der Waals surface area contributed by atoms with Crippen molar-refractivity contribution >= 4 is 5.69 Å². The summed E-state index contributed by atoms with van der Waals surface area (Å²) in [5.41, 5.74) is 1.04. The lowest BCUT2D eigenvalue weighted by molar-refractivity contribution is 0.475. The molecule has 72 valence electrons. The molecule has 0 fully saturated rings. The Balaban J connectivity index is 2.74. The molecule has 0 heterocycles. The fourth-order valence-electron chi connectivity index (χ4n) is 1.06. The molecule has 1 aromatic carbocycles.